The molecule has 28 heavy (non-hydrogen) atoms. The Hall–Kier alpha value is -2.99. The van der Waals surface area contributed by atoms with Gasteiger partial charge in [0, 0.05) is 28.7 Å². The van der Waals surface area contributed by atoms with Crippen LogP contribution in [0, 0.1) is 13.8 Å². The zero-order valence-electron chi connectivity index (χ0n) is 16.4. The Morgan fingerprint density at radius 1 is 1.11 bits per heavy atom. The van der Waals surface area contributed by atoms with Crippen LogP contribution in [0.2, 0.25) is 0 Å². The predicted octanol–water partition coefficient (Wildman–Crippen LogP) is 3.77. The molecule has 0 bridgehead atoms. The highest BCUT2D eigenvalue weighted by Gasteiger charge is 2.20. The second-order valence-corrected chi connectivity index (χ2v) is 7.12. The van der Waals surface area contributed by atoms with Crippen LogP contribution in [-0.2, 0) is 6.54 Å². The average molecular weight is 380 g/mol. The van der Waals surface area contributed by atoms with Crippen LogP contribution in [0.3, 0.4) is 0 Å². The molecule has 1 aliphatic rings. The Morgan fingerprint density at radius 3 is 2.64 bits per heavy atom. The fourth-order valence-electron chi connectivity index (χ4n) is 3.67. The largest absolute Gasteiger partial charge is 0.486 e. The lowest BCUT2D eigenvalue weighted by Crippen LogP contribution is -2.25. The van der Waals surface area contributed by atoms with E-state index in [1.165, 1.54) is 0 Å². The third-order valence-corrected chi connectivity index (χ3v) is 4.93. The minimum absolute atomic E-state index is 0.0888. The average Bonchev–Trinajstić information content (AvgIpc) is 3.28. The number of ether oxygens (including phenoxy) is 2. The predicted molar refractivity (Wildman–Crippen MR) is 106 cm³/mol. The summed E-state index contributed by atoms with van der Waals surface area (Å²) in [6.07, 6.45) is 1.64. The molecule has 3 heterocycles. The summed E-state index contributed by atoms with van der Waals surface area (Å²) in [5.41, 5.74) is 3.62. The molecule has 2 aromatic heterocycles. The SMILES string of the molecule is Cc1cc(C(=O)CN(C)Cc2ccco2)c(C)n1-c1ccc2c(c1)OCCO2. The van der Waals surface area contributed by atoms with E-state index in [4.69, 9.17) is 13.9 Å². The molecule has 6 heteroatoms. The maximum Gasteiger partial charge on any atom is 0.178 e. The molecular formula is C22H24N2O4. The molecular weight excluding hydrogens is 356 g/mol. The smallest absolute Gasteiger partial charge is 0.178 e. The minimum Gasteiger partial charge on any atom is -0.486 e. The molecule has 0 saturated carbocycles. The third kappa shape index (κ3) is 3.55. The van der Waals surface area contributed by atoms with Gasteiger partial charge in [-0.2, -0.15) is 0 Å². The fourth-order valence-corrected chi connectivity index (χ4v) is 3.67. The van der Waals surface area contributed by atoms with Crippen molar-refractivity contribution in [3.05, 3.63) is 65.4 Å². The summed E-state index contributed by atoms with van der Waals surface area (Å²) in [6.45, 7) is 6.02. The normalized spacial score (nSPS) is 13.1. The lowest BCUT2D eigenvalue weighted by Gasteiger charge is -2.20. The van der Waals surface area contributed by atoms with E-state index in [0.717, 1.165) is 39.9 Å². The number of benzene rings is 1. The van der Waals surface area contributed by atoms with E-state index in [0.29, 0.717) is 26.3 Å². The van der Waals surface area contributed by atoms with E-state index in [2.05, 4.69) is 4.57 Å². The first-order valence-electron chi connectivity index (χ1n) is 9.36. The van der Waals surface area contributed by atoms with Crippen LogP contribution in [0.5, 0.6) is 11.5 Å². The van der Waals surface area contributed by atoms with E-state index >= 15 is 0 Å². The molecule has 0 unspecified atom stereocenters. The maximum atomic E-state index is 12.9. The van der Waals surface area contributed by atoms with Crippen molar-refractivity contribution in [3.63, 3.8) is 0 Å². The minimum atomic E-state index is 0.0888. The summed E-state index contributed by atoms with van der Waals surface area (Å²) >= 11 is 0. The summed E-state index contributed by atoms with van der Waals surface area (Å²) in [5.74, 6) is 2.43. The van der Waals surface area contributed by atoms with Crippen molar-refractivity contribution in [1.29, 1.82) is 0 Å². The molecule has 0 spiro atoms. The number of likely N-dealkylation sites (N-methyl/N-ethyl adjacent to an activating group) is 1. The molecule has 6 nitrogen and oxygen atoms in total. The molecule has 0 saturated heterocycles. The summed E-state index contributed by atoms with van der Waals surface area (Å²) < 4.78 is 18.7. The standard InChI is InChI=1S/C22H24N2O4/c1-15-11-19(20(25)14-23(3)13-18-5-4-8-26-18)16(2)24(15)17-6-7-21-22(12-17)28-10-9-27-21/h4-8,11-12H,9-10,13-14H2,1-3H3. The van der Waals surface area contributed by atoms with Crippen LogP contribution >= 0.6 is 0 Å². The first-order valence-corrected chi connectivity index (χ1v) is 9.36. The number of aromatic nitrogens is 1. The first kappa shape index (κ1) is 18.4. The van der Waals surface area contributed by atoms with Gasteiger partial charge in [0.05, 0.1) is 19.4 Å². The number of hydrogen-bond donors (Lipinski definition) is 0. The highest BCUT2D eigenvalue weighted by atomic mass is 16.6. The molecule has 0 N–H and O–H groups in total. The molecule has 3 aromatic rings. The number of Topliss-reactive ketones (excluding diaryl/α,β-unsaturated/α-hetero) is 1. The molecule has 0 fully saturated rings. The van der Waals surface area contributed by atoms with Crippen molar-refractivity contribution < 1.29 is 18.7 Å². The Morgan fingerprint density at radius 2 is 1.89 bits per heavy atom. The van der Waals surface area contributed by atoms with Gasteiger partial charge in [-0.15, -0.1) is 0 Å². The highest BCUT2D eigenvalue weighted by Crippen LogP contribution is 2.33. The topological polar surface area (TPSA) is 56.8 Å². The zero-order valence-corrected chi connectivity index (χ0v) is 16.4. The van der Waals surface area contributed by atoms with E-state index in [9.17, 15) is 4.79 Å². The number of rotatable bonds is 6. The molecule has 146 valence electrons. The molecule has 0 aliphatic carbocycles. The van der Waals surface area contributed by atoms with Gasteiger partial charge in [0.1, 0.15) is 19.0 Å². The number of furan rings is 1. The molecule has 0 atom stereocenters. The van der Waals surface area contributed by atoms with Gasteiger partial charge in [-0.1, -0.05) is 0 Å². The maximum absolute atomic E-state index is 12.9. The first-order chi connectivity index (χ1) is 13.5. The zero-order chi connectivity index (χ0) is 19.7. The van der Waals surface area contributed by atoms with Gasteiger partial charge in [0.2, 0.25) is 0 Å². The molecule has 1 aromatic carbocycles. The fraction of sp³-hybridized carbons (Fsp3) is 0.318. The van der Waals surface area contributed by atoms with Crippen LogP contribution in [0.15, 0.2) is 47.1 Å². The number of carbonyl (C=O) groups excluding carboxylic acids is 1. The molecule has 0 amide bonds. The Kier molecular flexibility index (Phi) is 4.96. The van der Waals surface area contributed by atoms with E-state index < -0.39 is 0 Å². The van der Waals surface area contributed by atoms with Crippen molar-refractivity contribution in [2.45, 2.75) is 20.4 Å². The van der Waals surface area contributed by atoms with Crippen molar-refractivity contribution in [3.8, 4) is 17.2 Å². The van der Waals surface area contributed by atoms with Crippen LogP contribution < -0.4 is 9.47 Å². The summed E-state index contributed by atoms with van der Waals surface area (Å²) in [7, 11) is 1.92. The van der Waals surface area contributed by atoms with E-state index in [-0.39, 0.29) is 5.78 Å². The van der Waals surface area contributed by atoms with Gasteiger partial charge in [-0.25, -0.2) is 0 Å². The van der Waals surface area contributed by atoms with Crippen molar-refractivity contribution in [1.82, 2.24) is 9.47 Å². The van der Waals surface area contributed by atoms with Gasteiger partial charge < -0.3 is 18.5 Å². The van der Waals surface area contributed by atoms with Gasteiger partial charge >= 0.3 is 0 Å². The Labute approximate surface area is 164 Å². The van der Waals surface area contributed by atoms with Gasteiger partial charge in [-0.3, -0.25) is 9.69 Å². The summed E-state index contributed by atoms with van der Waals surface area (Å²) in [4.78, 5) is 14.9. The Bertz CT molecular complexity index is 988. The monoisotopic (exact) mass is 380 g/mol. The molecule has 4 rings (SSSR count). The summed E-state index contributed by atoms with van der Waals surface area (Å²) in [5, 5.41) is 0. The van der Waals surface area contributed by atoms with Crippen molar-refractivity contribution in [2.24, 2.45) is 0 Å². The van der Waals surface area contributed by atoms with Crippen LogP contribution in [0.25, 0.3) is 5.69 Å². The van der Waals surface area contributed by atoms with Crippen LogP contribution in [0.1, 0.15) is 27.5 Å². The summed E-state index contributed by atoms with van der Waals surface area (Å²) in [6, 6.07) is 11.6. The van der Waals surface area contributed by atoms with Gasteiger partial charge in [0.25, 0.3) is 0 Å². The Balaban J connectivity index is 1.56. The van der Waals surface area contributed by atoms with Crippen molar-refractivity contribution in [2.75, 3.05) is 26.8 Å². The van der Waals surface area contributed by atoms with E-state index in [1.54, 1.807) is 6.26 Å². The number of hydrogen-bond acceptors (Lipinski definition) is 5. The van der Waals surface area contributed by atoms with Crippen LogP contribution in [-0.4, -0.2) is 42.1 Å². The van der Waals surface area contributed by atoms with E-state index in [1.807, 2.05) is 62.2 Å². The number of carbonyl (C=O) groups is 1. The highest BCUT2D eigenvalue weighted by molar-refractivity contribution is 5.99. The number of fused-ring (bicyclic) bond motifs is 1. The van der Waals surface area contributed by atoms with Crippen molar-refractivity contribution >= 4 is 5.78 Å². The second-order valence-electron chi connectivity index (χ2n) is 7.12. The quantitative estimate of drug-likeness (QED) is 0.609. The second kappa shape index (κ2) is 7.56. The molecule has 0 radical (unpaired) electrons. The van der Waals surface area contributed by atoms with Crippen LogP contribution in [0.4, 0.5) is 0 Å². The number of ketones is 1. The van der Waals surface area contributed by atoms with Gasteiger partial charge in [-0.05, 0) is 51.2 Å². The lowest BCUT2D eigenvalue weighted by molar-refractivity contribution is 0.0939. The molecule has 1 aliphatic heterocycles. The number of aryl methyl sites for hydroxylation is 1. The lowest BCUT2D eigenvalue weighted by atomic mass is 10.1. The van der Waals surface area contributed by atoms with Gasteiger partial charge in [0.15, 0.2) is 17.3 Å². The third-order valence-electron chi connectivity index (χ3n) is 4.93. The number of nitrogens with zero attached hydrogens (tertiary/aromatic N) is 2.